The number of hydrogen-bond donors (Lipinski definition) is 2. The first kappa shape index (κ1) is 13.7. The molecule has 1 aromatic carbocycles. The summed E-state index contributed by atoms with van der Waals surface area (Å²) in [6.07, 6.45) is 4.10. The number of hydrogen-bond acceptors (Lipinski definition) is 3. The van der Waals surface area contributed by atoms with Crippen LogP contribution in [0, 0.1) is 6.92 Å². The molecule has 0 unspecified atom stereocenters. The van der Waals surface area contributed by atoms with Crippen molar-refractivity contribution in [1.29, 1.82) is 0 Å². The number of benzene rings is 1. The molecule has 0 aromatic heterocycles. The Balaban J connectivity index is 1.77. The molecule has 1 heterocycles. The Kier molecular flexibility index (Phi) is 4.66. The van der Waals surface area contributed by atoms with E-state index in [1.807, 2.05) is 30.0 Å². The van der Waals surface area contributed by atoms with Crippen LogP contribution in [0.3, 0.4) is 0 Å². The van der Waals surface area contributed by atoms with Gasteiger partial charge in [-0.05, 0) is 49.9 Å². The highest BCUT2D eigenvalue weighted by atomic mass is 16.2. The molecular formula is C15H23N3O. The number of carbonyl (C=O) groups excluding carboxylic acids is 1. The number of nitrogens with two attached hydrogens (primary N) is 1. The van der Waals surface area contributed by atoms with E-state index in [2.05, 4.69) is 5.32 Å². The minimum Gasteiger partial charge on any atom is -0.399 e. The Morgan fingerprint density at radius 2 is 2.00 bits per heavy atom. The van der Waals surface area contributed by atoms with Crippen molar-refractivity contribution in [1.82, 2.24) is 4.90 Å². The summed E-state index contributed by atoms with van der Waals surface area (Å²) < 4.78 is 0. The van der Waals surface area contributed by atoms with Crippen LogP contribution in [0.4, 0.5) is 11.4 Å². The van der Waals surface area contributed by atoms with Crippen molar-refractivity contribution in [2.45, 2.75) is 32.6 Å². The van der Waals surface area contributed by atoms with Gasteiger partial charge in [0.05, 0.1) is 0 Å². The SMILES string of the molecule is Cc1cc(N)cc(NCCC(=O)N2CCCCC2)c1. The predicted molar refractivity (Wildman–Crippen MR) is 79.1 cm³/mol. The van der Waals surface area contributed by atoms with Crippen LogP contribution in [-0.4, -0.2) is 30.4 Å². The zero-order chi connectivity index (χ0) is 13.7. The molecule has 104 valence electrons. The second kappa shape index (κ2) is 6.45. The highest BCUT2D eigenvalue weighted by Crippen LogP contribution is 2.16. The minimum absolute atomic E-state index is 0.257. The zero-order valence-corrected chi connectivity index (χ0v) is 11.6. The van der Waals surface area contributed by atoms with E-state index >= 15 is 0 Å². The maximum atomic E-state index is 12.0. The molecule has 4 nitrogen and oxygen atoms in total. The molecule has 19 heavy (non-hydrogen) atoms. The van der Waals surface area contributed by atoms with Crippen molar-refractivity contribution < 1.29 is 4.79 Å². The molecule has 0 atom stereocenters. The molecule has 1 amide bonds. The van der Waals surface area contributed by atoms with Gasteiger partial charge < -0.3 is 16.0 Å². The van der Waals surface area contributed by atoms with Crippen molar-refractivity contribution in [2.24, 2.45) is 0 Å². The lowest BCUT2D eigenvalue weighted by Gasteiger charge is -2.26. The second-order valence-electron chi connectivity index (χ2n) is 5.25. The average Bonchev–Trinajstić information content (AvgIpc) is 2.38. The van der Waals surface area contributed by atoms with Crippen LogP contribution in [-0.2, 0) is 4.79 Å². The zero-order valence-electron chi connectivity index (χ0n) is 11.6. The topological polar surface area (TPSA) is 58.4 Å². The fourth-order valence-electron chi connectivity index (χ4n) is 2.53. The molecule has 0 radical (unpaired) electrons. The highest BCUT2D eigenvalue weighted by molar-refractivity contribution is 5.76. The van der Waals surface area contributed by atoms with Gasteiger partial charge in [-0.15, -0.1) is 0 Å². The van der Waals surface area contributed by atoms with Gasteiger partial charge in [-0.25, -0.2) is 0 Å². The van der Waals surface area contributed by atoms with Crippen molar-refractivity contribution in [3.05, 3.63) is 23.8 Å². The summed E-state index contributed by atoms with van der Waals surface area (Å²) in [6.45, 7) is 4.53. The van der Waals surface area contributed by atoms with Crippen LogP contribution >= 0.6 is 0 Å². The van der Waals surface area contributed by atoms with E-state index in [4.69, 9.17) is 5.73 Å². The Bertz CT molecular complexity index is 419. The quantitative estimate of drug-likeness (QED) is 0.818. The van der Waals surface area contributed by atoms with E-state index in [1.165, 1.54) is 6.42 Å². The molecule has 1 saturated heterocycles. The van der Waals surface area contributed by atoms with Gasteiger partial charge in [0.15, 0.2) is 0 Å². The number of nitrogen functional groups attached to an aromatic ring is 1. The smallest absolute Gasteiger partial charge is 0.224 e. The molecule has 1 aliphatic heterocycles. The fourth-order valence-corrected chi connectivity index (χ4v) is 2.53. The first-order chi connectivity index (χ1) is 9.15. The minimum atomic E-state index is 0.257. The Labute approximate surface area is 115 Å². The number of rotatable bonds is 4. The van der Waals surface area contributed by atoms with Gasteiger partial charge in [-0.1, -0.05) is 0 Å². The number of carbonyl (C=O) groups is 1. The molecule has 1 aliphatic rings. The third-order valence-corrected chi connectivity index (χ3v) is 3.48. The van der Waals surface area contributed by atoms with Gasteiger partial charge in [-0.2, -0.15) is 0 Å². The monoisotopic (exact) mass is 261 g/mol. The van der Waals surface area contributed by atoms with Crippen molar-refractivity contribution in [3.8, 4) is 0 Å². The Morgan fingerprint density at radius 3 is 2.68 bits per heavy atom. The average molecular weight is 261 g/mol. The van der Waals surface area contributed by atoms with E-state index in [-0.39, 0.29) is 5.91 Å². The number of aryl methyl sites for hydroxylation is 1. The number of nitrogens with one attached hydrogen (secondary N) is 1. The standard InChI is InChI=1S/C15H23N3O/c1-12-9-13(16)11-14(10-12)17-6-5-15(19)18-7-3-2-4-8-18/h9-11,17H,2-8,16H2,1H3. The molecule has 4 heteroatoms. The Hall–Kier alpha value is -1.71. The molecule has 1 fully saturated rings. The van der Waals surface area contributed by atoms with Crippen molar-refractivity contribution >= 4 is 17.3 Å². The van der Waals surface area contributed by atoms with Gasteiger partial charge in [0.25, 0.3) is 0 Å². The van der Waals surface area contributed by atoms with Gasteiger partial charge in [0, 0.05) is 37.4 Å². The van der Waals surface area contributed by atoms with Crippen LogP contribution in [0.5, 0.6) is 0 Å². The van der Waals surface area contributed by atoms with Crippen molar-refractivity contribution in [3.63, 3.8) is 0 Å². The molecule has 0 aliphatic carbocycles. The largest absolute Gasteiger partial charge is 0.399 e. The third kappa shape index (κ3) is 4.16. The number of nitrogens with zero attached hydrogens (tertiary/aromatic N) is 1. The summed E-state index contributed by atoms with van der Waals surface area (Å²) in [5, 5.41) is 3.27. The molecule has 2 rings (SSSR count). The van der Waals surface area contributed by atoms with E-state index in [9.17, 15) is 4.79 Å². The summed E-state index contributed by atoms with van der Waals surface area (Å²) in [7, 11) is 0. The first-order valence-electron chi connectivity index (χ1n) is 7.04. The first-order valence-corrected chi connectivity index (χ1v) is 7.04. The molecule has 1 aromatic rings. The third-order valence-electron chi connectivity index (χ3n) is 3.48. The predicted octanol–water partition coefficient (Wildman–Crippen LogP) is 2.39. The number of anilines is 2. The van der Waals surface area contributed by atoms with Gasteiger partial charge in [-0.3, -0.25) is 4.79 Å². The van der Waals surface area contributed by atoms with Crippen LogP contribution in [0.1, 0.15) is 31.2 Å². The van der Waals surface area contributed by atoms with Gasteiger partial charge in [0.1, 0.15) is 0 Å². The van der Waals surface area contributed by atoms with Gasteiger partial charge >= 0.3 is 0 Å². The Morgan fingerprint density at radius 1 is 1.26 bits per heavy atom. The molecule has 0 spiro atoms. The molecule has 0 bridgehead atoms. The summed E-state index contributed by atoms with van der Waals surface area (Å²) in [4.78, 5) is 14.0. The lowest BCUT2D eigenvalue weighted by atomic mass is 10.1. The van der Waals surface area contributed by atoms with E-state index in [0.29, 0.717) is 13.0 Å². The lowest BCUT2D eigenvalue weighted by molar-refractivity contribution is -0.131. The van der Waals surface area contributed by atoms with Crippen LogP contribution < -0.4 is 11.1 Å². The van der Waals surface area contributed by atoms with Crippen LogP contribution in [0.2, 0.25) is 0 Å². The normalized spacial score (nSPS) is 15.3. The summed E-state index contributed by atoms with van der Waals surface area (Å²) in [5.41, 5.74) is 8.67. The van der Waals surface area contributed by atoms with E-state index < -0.39 is 0 Å². The van der Waals surface area contributed by atoms with Crippen LogP contribution in [0.25, 0.3) is 0 Å². The van der Waals surface area contributed by atoms with Crippen molar-refractivity contribution in [2.75, 3.05) is 30.7 Å². The summed E-state index contributed by atoms with van der Waals surface area (Å²) in [5.74, 6) is 0.257. The maximum Gasteiger partial charge on any atom is 0.224 e. The maximum absolute atomic E-state index is 12.0. The second-order valence-corrected chi connectivity index (χ2v) is 5.25. The number of likely N-dealkylation sites (tertiary alicyclic amines) is 1. The molecule has 3 N–H and O–H groups in total. The van der Waals surface area contributed by atoms with E-state index in [0.717, 1.165) is 42.9 Å². The highest BCUT2D eigenvalue weighted by Gasteiger charge is 2.15. The molecule has 0 saturated carbocycles. The van der Waals surface area contributed by atoms with E-state index in [1.54, 1.807) is 0 Å². The number of amides is 1. The van der Waals surface area contributed by atoms with Gasteiger partial charge in [0.2, 0.25) is 5.91 Å². The van der Waals surface area contributed by atoms with Crippen LogP contribution in [0.15, 0.2) is 18.2 Å². The summed E-state index contributed by atoms with van der Waals surface area (Å²) in [6, 6.07) is 5.88. The molecular weight excluding hydrogens is 238 g/mol. The fraction of sp³-hybridized carbons (Fsp3) is 0.533. The number of piperidine rings is 1. The summed E-state index contributed by atoms with van der Waals surface area (Å²) >= 11 is 0. The lowest BCUT2D eigenvalue weighted by Crippen LogP contribution is -2.36.